The molecule has 0 spiro atoms. The highest BCUT2D eigenvalue weighted by molar-refractivity contribution is 5.69. The van der Waals surface area contributed by atoms with Crippen molar-refractivity contribution in [2.45, 2.75) is 155 Å². The lowest BCUT2D eigenvalue weighted by Crippen LogP contribution is -2.46. The molecule has 0 aromatic rings. The molecule has 3 heteroatoms. The molecular weight excluding hydrogens is 358 g/mol. The zero-order valence-electron chi connectivity index (χ0n) is 20.4. The zero-order chi connectivity index (χ0) is 21.7. The molecule has 0 aliphatic heterocycles. The predicted molar refractivity (Wildman–Crippen MR) is 128 cm³/mol. The van der Waals surface area contributed by atoms with Gasteiger partial charge in [0.1, 0.15) is 0 Å². The van der Waals surface area contributed by atoms with Crippen molar-refractivity contribution in [3.63, 3.8) is 0 Å². The van der Waals surface area contributed by atoms with Gasteiger partial charge in [0.25, 0.3) is 0 Å². The first-order valence-corrected chi connectivity index (χ1v) is 13.1. The Morgan fingerprint density at radius 3 is 1.31 bits per heavy atom. The molecule has 0 rings (SSSR count). The third-order valence-corrected chi connectivity index (χ3v) is 6.28. The number of nitrogens with zero attached hydrogens (tertiary/aromatic N) is 1. The smallest absolute Gasteiger partial charge is 0.317 e. The van der Waals surface area contributed by atoms with Crippen LogP contribution >= 0.6 is 0 Å². The van der Waals surface area contributed by atoms with Crippen LogP contribution in [0.5, 0.6) is 0 Å². The highest BCUT2D eigenvalue weighted by atomic mass is 16.4. The molecule has 29 heavy (non-hydrogen) atoms. The molecule has 0 amide bonds. The molecule has 0 bridgehead atoms. The quantitative estimate of drug-likeness (QED) is 0.182. The van der Waals surface area contributed by atoms with Crippen LogP contribution in [0.15, 0.2) is 0 Å². The van der Waals surface area contributed by atoms with Crippen LogP contribution in [0.1, 0.15) is 143 Å². The van der Waals surface area contributed by atoms with Gasteiger partial charge in [0.15, 0.2) is 0 Å². The number of unbranched alkanes of at least 4 members (excludes halogenated alkanes) is 10. The number of hydrogen-bond acceptors (Lipinski definition) is 2. The van der Waals surface area contributed by atoms with E-state index in [0.717, 1.165) is 25.7 Å². The van der Waals surface area contributed by atoms with E-state index in [1.165, 1.54) is 89.9 Å². The summed E-state index contributed by atoms with van der Waals surface area (Å²) < 4.78 is 0. The largest absolute Gasteiger partial charge is 0.480 e. The molecule has 174 valence electrons. The normalized spacial score (nSPS) is 13.7. The third kappa shape index (κ3) is 15.9. The van der Waals surface area contributed by atoms with E-state index in [0.29, 0.717) is 12.1 Å². The Labute approximate surface area is 183 Å². The molecule has 0 aromatic heterocycles. The number of carboxylic acids is 1. The van der Waals surface area contributed by atoms with Gasteiger partial charge in [-0.1, -0.05) is 118 Å². The summed E-state index contributed by atoms with van der Waals surface area (Å²) in [6.07, 6.45) is 22.7. The number of carbonyl (C=O) groups is 1. The average Bonchev–Trinajstić information content (AvgIpc) is 2.69. The van der Waals surface area contributed by atoms with Gasteiger partial charge in [-0.3, -0.25) is 9.69 Å². The maximum absolute atomic E-state index is 11.7. The Morgan fingerprint density at radius 2 is 0.966 bits per heavy atom. The lowest BCUT2D eigenvalue weighted by atomic mass is 9.95. The minimum absolute atomic E-state index is 0.223. The van der Waals surface area contributed by atoms with Crippen LogP contribution in [0.4, 0.5) is 0 Å². The Hall–Kier alpha value is -0.570. The van der Waals surface area contributed by atoms with Crippen molar-refractivity contribution in [1.82, 2.24) is 4.90 Å². The topological polar surface area (TPSA) is 40.5 Å². The molecule has 0 fully saturated rings. The summed E-state index contributed by atoms with van der Waals surface area (Å²) in [4.78, 5) is 14.1. The van der Waals surface area contributed by atoms with Crippen molar-refractivity contribution < 1.29 is 9.90 Å². The van der Waals surface area contributed by atoms with Gasteiger partial charge in [0.2, 0.25) is 0 Å². The van der Waals surface area contributed by atoms with Crippen LogP contribution in [0.3, 0.4) is 0 Å². The van der Waals surface area contributed by atoms with Crippen LogP contribution in [0.2, 0.25) is 0 Å². The number of aliphatic carboxylic acids is 1. The summed E-state index contributed by atoms with van der Waals surface area (Å²) in [6.45, 7) is 9.24. The number of rotatable bonds is 22. The van der Waals surface area contributed by atoms with E-state index in [1.54, 1.807) is 0 Å². The number of carboxylic acid groups (broad SMARTS) is 1. The number of hydrogen-bond donors (Lipinski definition) is 1. The molecule has 0 saturated carbocycles. The highest BCUT2D eigenvalue weighted by Crippen LogP contribution is 2.24. The van der Waals surface area contributed by atoms with Crippen LogP contribution in [0, 0.1) is 0 Å². The Kier molecular flexibility index (Phi) is 20.3. The van der Waals surface area contributed by atoms with E-state index in [2.05, 4.69) is 32.6 Å². The van der Waals surface area contributed by atoms with E-state index in [9.17, 15) is 9.90 Å². The molecule has 0 saturated heterocycles. The van der Waals surface area contributed by atoms with Gasteiger partial charge < -0.3 is 5.11 Å². The van der Waals surface area contributed by atoms with Gasteiger partial charge in [0, 0.05) is 12.1 Å². The highest BCUT2D eigenvalue weighted by Gasteiger charge is 2.26. The lowest BCUT2D eigenvalue weighted by Gasteiger charge is -2.37. The van der Waals surface area contributed by atoms with Crippen LogP contribution < -0.4 is 0 Å². The van der Waals surface area contributed by atoms with E-state index >= 15 is 0 Å². The lowest BCUT2D eigenvalue weighted by molar-refractivity contribution is -0.140. The molecule has 2 atom stereocenters. The monoisotopic (exact) mass is 411 g/mol. The van der Waals surface area contributed by atoms with Gasteiger partial charge in [-0.25, -0.2) is 0 Å². The van der Waals surface area contributed by atoms with E-state index in [4.69, 9.17) is 0 Å². The summed E-state index contributed by atoms with van der Waals surface area (Å²) in [5.74, 6) is -0.655. The second-order valence-corrected chi connectivity index (χ2v) is 9.06. The average molecular weight is 412 g/mol. The molecule has 0 heterocycles. The van der Waals surface area contributed by atoms with E-state index in [-0.39, 0.29) is 6.54 Å². The molecule has 3 nitrogen and oxygen atoms in total. The van der Waals surface area contributed by atoms with Crippen LogP contribution in [-0.4, -0.2) is 34.6 Å². The van der Waals surface area contributed by atoms with E-state index in [1.807, 2.05) is 0 Å². The Bertz CT molecular complexity index is 333. The van der Waals surface area contributed by atoms with Crippen molar-refractivity contribution in [2.24, 2.45) is 0 Å². The summed E-state index contributed by atoms with van der Waals surface area (Å²) >= 11 is 0. The summed E-state index contributed by atoms with van der Waals surface area (Å²) in [6, 6.07) is 0.887. The van der Waals surface area contributed by atoms with Gasteiger partial charge in [0.05, 0.1) is 6.54 Å². The first-order chi connectivity index (χ1) is 14.1. The van der Waals surface area contributed by atoms with Crippen molar-refractivity contribution in [3.8, 4) is 0 Å². The standard InChI is InChI=1S/C26H53NO2/c1-5-9-11-13-15-17-21-24(19-7-3)27(23-26(28)29)25(20-8-4)22-18-16-14-12-10-6-2/h24-25H,5-23H2,1-4H3,(H,28,29). The second-order valence-electron chi connectivity index (χ2n) is 9.06. The van der Waals surface area contributed by atoms with Crippen molar-refractivity contribution in [2.75, 3.05) is 6.54 Å². The summed E-state index contributed by atoms with van der Waals surface area (Å²) in [5.41, 5.74) is 0. The van der Waals surface area contributed by atoms with Crippen LogP contribution in [0.25, 0.3) is 0 Å². The van der Waals surface area contributed by atoms with Gasteiger partial charge in [-0.05, 0) is 25.7 Å². The first-order valence-electron chi connectivity index (χ1n) is 13.1. The predicted octanol–water partition coefficient (Wildman–Crippen LogP) is 8.21. The Balaban J connectivity index is 4.79. The fourth-order valence-electron chi connectivity index (χ4n) is 4.65. The van der Waals surface area contributed by atoms with E-state index < -0.39 is 5.97 Å². The molecule has 0 aliphatic carbocycles. The summed E-state index contributed by atoms with van der Waals surface area (Å²) in [5, 5.41) is 9.61. The van der Waals surface area contributed by atoms with Crippen molar-refractivity contribution >= 4 is 5.97 Å². The summed E-state index contributed by atoms with van der Waals surface area (Å²) in [7, 11) is 0. The molecule has 0 aliphatic rings. The molecular formula is C26H53NO2. The first kappa shape index (κ1) is 28.4. The van der Waals surface area contributed by atoms with Crippen LogP contribution in [-0.2, 0) is 4.79 Å². The molecule has 2 unspecified atom stereocenters. The minimum atomic E-state index is -0.655. The van der Waals surface area contributed by atoms with Gasteiger partial charge in [-0.15, -0.1) is 0 Å². The van der Waals surface area contributed by atoms with Crippen molar-refractivity contribution in [3.05, 3.63) is 0 Å². The maximum Gasteiger partial charge on any atom is 0.317 e. The zero-order valence-corrected chi connectivity index (χ0v) is 20.4. The fourth-order valence-corrected chi connectivity index (χ4v) is 4.65. The minimum Gasteiger partial charge on any atom is -0.480 e. The SMILES string of the molecule is CCCCCCCCC(CCC)N(CC(=O)O)C(CCC)CCCCCCCC. The molecule has 0 radical (unpaired) electrons. The maximum atomic E-state index is 11.7. The molecule has 1 N–H and O–H groups in total. The Morgan fingerprint density at radius 1 is 0.586 bits per heavy atom. The second kappa shape index (κ2) is 20.7. The van der Waals surface area contributed by atoms with Gasteiger partial charge in [-0.2, -0.15) is 0 Å². The fraction of sp³-hybridized carbons (Fsp3) is 0.962. The third-order valence-electron chi connectivity index (χ3n) is 6.28. The van der Waals surface area contributed by atoms with Gasteiger partial charge >= 0.3 is 5.97 Å². The van der Waals surface area contributed by atoms with Crippen molar-refractivity contribution in [1.29, 1.82) is 0 Å². The molecule has 0 aromatic carbocycles.